The number of nitrogens with zero attached hydrogens (tertiary/aromatic N) is 1. The van der Waals surface area contributed by atoms with Crippen molar-refractivity contribution in [1.82, 2.24) is 4.90 Å². The van der Waals surface area contributed by atoms with E-state index in [1.807, 2.05) is 0 Å². The summed E-state index contributed by atoms with van der Waals surface area (Å²) in [6.07, 6.45) is 3.15. The molecule has 0 radical (unpaired) electrons. The maximum absolute atomic E-state index is 13.2. The van der Waals surface area contributed by atoms with Gasteiger partial charge in [-0.1, -0.05) is 29.3 Å². The SMILES string of the molecule is CCOC(=O)C1CCCN(Cc2c(O)cc(C)c3c2O/C(=C\c2c(Cl)cccc2Cl)C3=O)C1. The van der Waals surface area contributed by atoms with Crippen LogP contribution in [0.15, 0.2) is 30.0 Å². The molecule has 0 bridgehead atoms. The first-order chi connectivity index (χ1) is 15.8. The number of fused-ring (bicyclic) bond motifs is 1. The van der Waals surface area contributed by atoms with Crippen molar-refractivity contribution in [3.8, 4) is 11.5 Å². The number of hydrogen-bond acceptors (Lipinski definition) is 6. The van der Waals surface area contributed by atoms with Crippen molar-refractivity contribution in [1.29, 1.82) is 0 Å². The topological polar surface area (TPSA) is 76.1 Å². The molecule has 0 amide bonds. The van der Waals surface area contributed by atoms with E-state index in [0.717, 1.165) is 19.4 Å². The minimum Gasteiger partial charge on any atom is -0.507 e. The molecule has 2 aromatic carbocycles. The van der Waals surface area contributed by atoms with Gasteiger partial charge in [0, 0.05) is 28.7 Å². The predicted molar refractivity (Wildman–Crippen MR) is 127 cm³/mol. The molecular formula is C25H25Cl2NO5. The van der Waals surface area contributed by atoms with E-state index in [9.17, 15) is 14.7 Å². The van der Waals surface area contributed by atoms with Crippen molar-refractivity contribution in [2.24, 2.45) is 5.92 Å². The van der Waals surface area contributed by atoms with Crippen molar-refractivity contribution in [2.45, 2.75) is 33.2 Å². The average molecular weight is 490 g/mol. The number of ketones is 1. The summed E-state index contributed by atoms with van der Waals surface area (Å²) < 4.78 is 11.2. The van der Waals surface area contributed by atoms with Gasteiger partial charge >= 0.3 is 5.97 Å². The highest BCUT2D eigenvalue weighted by molar-refractivity contribution is 6.37. The Morgan fingerprint density at radius 2 is 2.06 bits per heavy atom. The second-order valence-electron chi connectivity index (χ2n) is 8.30. The first-order valence-corrected chi connectivity index (χ1v) is 11.7. The van der Waals surface area contributed by atoms with Crippen molar-refractivity contribution in [3.05, 3.63) is 62.3 Å². The summed E-state index contributed by atoms with van der Waals surface area (Å²) in [6, 6.07) is 6.67. The summed E-state index contributed by atoms with van der Waals surface area (Å²) in [5, 5.41) is 11.5. The van der Waals surface area contributed by atoms with Crippen LogP contribution >= 0.6 is 23.2 Å². The smallest absolute Gasteiger partial charge is 0.310 e. The first-order valence-electron chi connectivity index (χ1n) is 10.9. The molecule has 0 spiro atoms. The molecule has 1 saturated heterocycles. The lowest BCUT2D eigenvalue weighted by Crippen LogP contribution is -2.39. The third kappa shape index (κ3) is 4.74. The number of aryl methyl sites for hydroxylation is 1. The van der Waals surface area contributed by atoms with E-state index < -0.39 is 0 Å². The summed E-state index contributed by atoms with van der Waals surface area (Å²) in [5.74, 6) is -0.214. The molecule has 6 nitrogen and oxygen atoms in total. The molecule has 0 aliphatic carbocycles. The number of likely N-dealkylation sites (tertiary alicyclic amines) is 1. The molecule has 174 valence electrons. The fourth-order valence-electron chi connectivity index (χ4n) is 4.39. The number of carbonyl (C=O) groups is 2. The Hall–Kier alpha value is -2.54. The number of allylic oxidation sites excluding steroid dienone is 1. The Labute approximate surface area is 202 Å². The van der Waals surface area contributed by atoms with Gasteiger partial charge in [-0.3, -0.25) is 14.5 Å². The molecule has 2 aliphatic heterocycles. The van der Waals surface area contributed by atoms with E-state index in [-0.39, 0.29) is 29.2 Å². The standard InChI is InChI=1S/C25H25Cl2NO5/c1-3-32-25(31)15-6-5-9-28(12-15)13-17-20(29)10-14(2)22-23(30)21(33-24(17)22)11-16-18(26)7-4-8-19(16)27/h4,7-8,10-11,15,29H,3,5-6,9,12-13H2,1-2H3/b21-11-. The number of halogens is 2. The highest BCUT2D eigenvalue weighted by atomic mass is 35.5. The molecule has 1 N–H and O–H groups in total. The predicted octanol–water partition coefficient (Wildman–Crippen LogP) is 5.40. The Kier molecular flexibility index (Phi) is 6.98. The summed E-state index contributed by atoms with van der Waals surface area (Å²) >= 11 is 12.5. The van der Waals surface area contributed by atoms with Gasteiger partial charge in [-0.2, -0.15) is 0 Å². The van der Waals surface area contributed by atoms with Crippen molar-refractivity contribution < 1.29 is 24.2 Å². The lowest BCUT2D eigenvalue weighted by Gasteiger charge is -2.31. The quantitative estimate of drug-likeness (QED) is 0.447. The highest BCUT2D eigenvalue weighted by Crippen LogP contribution is 2.43. The molecule has 1 fully saturated rings. The number of hydrogen-bond donors (Lipinski definition) is 1. The molecular weight excluding hydrogens is 465 g/mol. The maximum Gasteiger partial charge on any atom is 0.310 e. The summed E-state index contributed by atoms with van der Waals surface area (Å²) in [7, 11) is 0. The van der Waals surface area contributed by atoms with Gasteiger partial charge in [0.2, 0.25) is 5.78 Å². The number of Topliss-reactive ketones (excluding diaryl/α,β-unsaturated/α-hetero) is 1. The lowest BCUT2D eigenvalue weighted by molar-refractivity contribution is -0.150. The van der Waals surface area contributed by atoms with E-state index in [4.69, 9.17) is 32.7 Å². The monoisotopic (exact) mass is 489 g/mol. The van der Waals surface area contributed by atoms with E-state index in [2.05, 4.69) is 4.90 Å². The van der Waals surface area contributed by atoms with Gasteiger partial charge in [0.15, 0.2) is 5.76 Å². The maximum atomic E-state index is 13.2. The number of carbonyl (C=O) groups excluding carboxylic acids is 2. The molecule has 33 heavy (non-hydrogen) atoms. The van der Waals surface area contributed by atoms with Crippen LogP contribution in [0.3, 0.4) is 0 Å². The normalized spacial score (nSPS) is 19.5. The van der Waals surface area contributed by atoms with E-state index in [1.165, 1.54) is 6.08 Å². The zero-order valence-electron chi connectivity index (χ0n) is 18.5. The van der Waals surface area contributed by atoms with Gasteiger partial charge < -0.3 is 14.6 Å². The van der Waals surface area contributed by atoms with E-state index >= 15 is 0 Å². The zero-order valence-corrected chi connectivity index (χ0v) is 20.0. The van der Waals surface area contributed by atoms with Gasteiger partial charge in [0.25, 0.3) is 0 Å². The number of piperidine rings is 1. The molecule has 1 atom stereocenters. The highest BCUT2D eigenvalue weighted by Gasteiger charge is 2.35. The average Bonchev–Trinajstić information content (AvgIpc) is 3.10. The van der Waals surface area contributed by atoms with Crippen LogP contribution in [0.2, 0.25) is 10.0 Å². The zero-order chi connectivity index (χ0) is 23.7. The Morgan fingerprint density at radius 1 is 1.33 bits per heavy atom. The van der Waals surface area contributed by atoms with Crippen LogP contribution in [0.1, 0.15) is 46.8 Å². The van der Waals surface area contributed by atoms with Gasteiger partial charge in [0.05, 0.1) is 23.7 Å². The number of benzene rings is 2. The number of rotatable bonds is 5. The molecule has 0 saturated carbocycles. The Morgan fingerprint density at radius 3 is 2.76 bits per heavy atom. The molecule has 2 aromatic rings. The van der Waals surface area contributed by atoms with Crippen LogP contribution in [0, 0.1) is 12.8 Å². The van der Waals surface area contributed by atoms with Crippen molar-refractivity contribution >= 4 is 41.0 Å². The molecule has 0 aromatic heterocycles. The number of aromatic hydroxyl groups is 1. The number of ether oxygens (including phenoxy) is 2. The largest absolute Gasteiger partial charge is 0.507 e. The molecule has 4 rings (SSSR count). The van der Waals surface area contributed by atoms with Crippen molar-refractivity contribution in [2.75, 3.05) is 19.7 Å². The fourth-order valence-corrected chi connectivity index (χ4v) is 4.89. The van der Waals surface area contributed by atoms with Crippen LogP contribution in [-0.2, 0) is 16.1 Å². The molecule has 1 unspecified atom stereocenters. The minimum absolute atomic E-state index is 0.0503. The number of phenols is 1. The molecule has 2 heterocycles. The summed E-state index contributed by atoms with van der Waals surface area (Å²) in [6.45, 7) is 5.53. The second kappa shape index (κ2) is 9.75. The van der Waals surface area contributed by atoms with Crippen LogP contribution in [0.4, 0.5) is 0 Å². The van der Waals surface area contributed by atoms with Crippen molar-refractivity contribution in [3.63, 3.8) is 0 Å². The Bertz CT molecular complexity index is 1120. The number of phenolic OH excluding ortho intramolecular Hbond substituents is 1. The van der Waals surface area contributed by atoms with Gasteiger partial charge in [0.1, 0.15) is 11.5 Å². The van der Waals surface area contributed by atoms with Gasteiger partial charge in [-0.05, 0) is 63.1 Å². The Balaban J connectivity index is 1.64. The van der Waals surface area contributed by atoms with Crippen LogP contribution in [0.5, 0.6) is 11.5 Å². The second-order valence-corrected chi connectivity index (χ2v) is 9.11. The summed E-state index contributed by atoms with van der Waals surface area (Å²) in [4.78, 5) is 27.5. The van der Waals surface area contributed by atoms with Gasteiger partial charge in [-0.15, -0.1) is 0 Å². The third-order valence-electron chi connectivity index (χ3n) is 6.00. The van der Waals surface area contributed by atoms with E-state index in [0.29, 0.717) is 57.7 Å². The fraction of sp³-hybridized carbons (Fsp3) is 0.360. The van der Waals surface area contributed by atoms with Crippen LogP contribution in [0.25, 0.3) is 6.08 Å². The lowest BCUT2D eigenvalue weighted by atomic mass is 9.96. The third-order valence-corrected chi connectivity index (χ3v) is 6.66. The van der Waals surface area contributed by atoms with Crippen LogP contribution in [-0.4, -0.2) is 41.5 Å². The summed E-state index contributed by atoms with van der Waals surface area (Å²) in [5.41, 5.74) is 2.04. The first kappa shape index (κ1) is 23.6. The number of esters is 1. The van der Waals surface area contributed by atoms with Gasteiger partial charge in [-0.25, -0.2) is 0 Å². The molecule has 8 heteroatoms. The van der Waals surface area contributed by atoms with E-state index in [1.54, 1.807) is 38.1 Å². The molecule has 2 aliphatic rings. The van der Waals surface area contributed by atoms with Crippen LogP contribution < -0.4 is 4.74 Å². The minimum atomic E-state index is -0.289.